The van der Waals surface area contributed by atoms with Crippen LogP contribution in [0, 0.1) is 11.5 Å². The lowest BCUT2D eigenvalue weighted by Gasteiger charge is -2.20. The summed E-state index contributed by atoms with van der Waals surface area (Å²) in [6.45, 7) is 3.88. The summed E-state index contributed by atoms with van der Waals surface area (Å²) in [6, 6.07) is -0.112. The number of nitrogens with zero attached hydrogens (tertiary/aromatic N) is 2. The molecular formula is C9H13ClN3O+. The van der Waals surface area contributed by atoms with Crippen LogP contribution in [0.5, 0.6) is 0 Å². The van der Waals surface area contributed by atoms with Crippen molar-refractivity contribution >= 4 is 11.6 Å². The van der Waals surface area contributed by atoms with Gasteiger partial charge in [0, 0.05) is 19.0 Å². The van der Waals surface area contributed by atoms with Crippen LogP contribution in [0.3, 0.4) is 0 Å². The molecule has 2 unspecified atom stereocenters. The van der Waals surface area contributed by atoms with Gasteiger partial charge >= 0.3 is 6.19 Å². The molecule has 0 aliphatic carbocycles. The van der Waals surface area contributed by atoms with Crippen molar-refractivity contribution in [3.05, 3.63) is 23.0 Å². The zero-order chi connectivity index (χ0) is 10.8. The monoisotopic (exact) mass is 214 g/mol. The molecule has 14 heavy (non-hydrogen) atoms. The highest BCUT2D eigenvalue weighted by atomic mass is 35.5. The van der Waals surface area contributed by atoms with Crippen LogP contribution in [0.4, 0.5) is 0 Å². The molecule has 1 aliphatic heterocycles. The minimum atomic E-state index is -0.319. The molecule has 5 heteroatoms. The topological polar surface area (TPSA) is 59.0 Å². The quantitative estimate of drug-likeness (QED) is 0.573. The summed E-state index contributed by atoms with van der Waals surface area (Å²) in [5, 5.41) is 9.57. The summed E-state index contributed by atoms with van der Waals surface area (Å²) in [5.41, 5.74) is 6.21. The standard InChI is InChI=1S/C9H13ClN3O/c1-7(12)5-14-13(6-11)4-3-9(10)8(13)2/h3-4,7H,5,12H2,1-2H3/q+1. The molecule has 2 atom stereocenters. The molecule has 0 amide bonds. The van der Waals surface area contributed by atoms with Crippen LogP contribution in [0.2, 0.25) is 0 Å². The van der Waals surface area contributed by atoms with E-state index in [4.69, 9.17) is 27.4 Å². The molecule has 1 aliphatic rings. The molecule has 0 radical (unpaired) electrons. The summed E-state index contributed by atoms with van der Waals surface area (Å²) in [5.74, 6) is 0. The third kappa shape index (κ3) is 1.97. The second-order valence-corrected chi connectivity index (χ2v) is 3.69. The molecule has 76 valence electrons. The van der Waals surface area contributed by atoms with E-state index in [0.717, 1.165) is 0 Å². The van der Waals surface area contributed by atoms with E-state index in [0.29, 0.717) is 17.3 Å². The summed E-state index contributed by atoms with van der Waals surface area (Å²) in [4.78, 5) is 5.41. The maximum absolute atomic E-state index is 9.03. The fourth-order valence-corrected chi connectivity index (χ4v) is 1.26. The number of hydrogen-bond donors (Lipinski definition) is 1. The highest BCUT2D eigenvalue weighted by molar-refractivity contribution is 6.31. The van der Waals surface area contributed by atoms with Gasteiger partial charge in [-0.05, 0) is 11.6 Å². The minimum Gasteiger partial charge on any atom is -0.326 e. The second-order valence-electron chi connectivity index (χ2n) is 3.28. The minimum absolute atomic E-state index is 0.112. The Bertz CT molecular complexity index is 329. The Morgan fingerprint density at radius 3 is 2.79 bits per heavy atom. The van der Waals surface area contributed by atoms with Crippen molar-refractivity contribution in [1.29, 1.82) is 5.26 Å². The lowest BCUT2D eigenvalue weighted by Crippen LogP contribution is -2.38. The molecule has 0 bridgehead atoms. The average Bonchev–Trinajstić information content (AvgIpc) is 2.43. The smallest absolute Gasteiger partial charge is 0.326 e. The Balaban J connectivity index is 2.82. The van der Waals surface area contributed by atoms with Gasteiger partial charge in [-0.3, -0.25) is 0 Å². The highest BCUT2D eigenvalue weighted by Gasteiger charge is 2.37. The van der Waals surface area contributed by atoms with E-state index in [2.05, 4.69) is 0 Å². The van der Waals surface area contributed by atoms with E-state index in [9.17, 15) is 0 Å². The van der Waals surface area contributed by atoms with Crippen molar-refractivity contribution in [2.24, 2.45) is 5.73 Å². The molecule has 1 heterocycles. The normalized spacial score (nSPS) is 27.9. The van der Waals surface area contributed by atoms with Gasteiger partial charge in [-0.25, -0.2) is 0 Å². The lowest BCUT2D eigenvalue weighted by atomic mass is 10.4. The van der Waals surface area contributed by atoms with E-state index < -0.39 is 0 Å². The summed E-state index contributed by atoms with van der Waals surface area (Å²) < 4.78 is -0.319. The number of quaternary nitrogens is 1. The maximum Gasteiger partial charge on any atom is 0.355 e. The highest BCUT2D eigenvalue weighted by Crippen LogP contribution is 2.30. The fraction of sp³-hybridized carbons (Fsp3) is 0.444. The molecule has 0 aromatic heterocycles. The van der Waals surface area contributed by atoms with Crippen molar-refractivity contribution in [1.82, 2.24) is 0 Å². The first kappa shape index (κ1) is 11.2. The van der Waals surface area contributed by atoms with Crippen molar-refractivity contribution in [2.75, 3.05) is 6.61 Å². The predicted molar refractivity (Wildman–Crippen MR) is 53.2 cm³/mol. The van der Waals surface area contributed by atoms with Crippen LogP contribution >= 0.6 is 11.6 Å². The van der Waals surface area contributed by atoms with Gasteiger partial charge < -0.3 is 5.73 Å². The SMILES string of the molecule is CC1=C(Cl)C=C[N+]1(C#N)OCC(C)N. The predicted octanol–water partition coefficient (Wildman–Crippen LogP) is 1.56. The Hall–Kier alpha value is -0.860. The van der Waals surface area contributed by atoms with Crippen molar-refractivity contribution in [3.63, 3.8) is 0 Å². The van der Waals surface area contributed by atoms with Gasteiger partial charge in [0.25, 0.3) is 0 Å². The van der Waals surface area contributed by atoms with Gasteiger partial charge in [-0.1, -0.05) is 11.6 Å². The molecule has 0 saturated heterocycles. The largest absolute Gasteiger partial charge is 0.355 e. The van der Waals surface area contributed by atoms with E-state index >= 15 is 0 Å². The Morgan fingerprint density at radius 1 is 1.79 bits per heavy atom. The van der Waals surface area contributed by atoms with Gasteiger partial charge in [0.2, 0.25) is 0 Å². The zero-order valence-electron chi connectivity index (χ0n) is 8.20. The molecular weight excluding hydrogens is 202 g/mol. The second kappa shape index (κ2) is 4.11. The molecule has 2 N–H and O–H groups in total. The molecule has 0 saturated carbocycles. The molecule has 0 aromatic rings. The summed E-state index contributed by atoms with van der Waals surface area (Å²) in [7, 11) is 0. The summed E-state index contributed by atoms with van der Waals surface area (Å²) in [6.07, 6.45) is 5.29. The van der Waals surface area contributed by atoms with Crippen LogP contribution in [-0.4, -0.2) is 17.3 Å². The Morgan fingerprint density at radius 2 is 2.43 bits per heavy atom. The number of hydroxylamine groups is 3. The number of rotatable bonds is 3. The first-order valence-corrected chi connectivity index (χ1v) is 4.66. The third-order valence-corrected chi connectivity index (χ3v) is 2.36. The van der Waals surface area contributed by atoms with Crippen LogP contribution in [0.25, 0.3) is 0 Å². The van der Waals surface area contributed by atoms with Crippen LogP contribution in [-0.2, 0) is 4.84 Å². The third-order valence-electron chi connectivity index (χ3n) is 1.96. The summed E-state index contributed by atoms with van der Waals surface area (Å²) >= 11 is 5.86. The van der Waals surface area contributed by atoms with Gasteiger partial charge in [0.15, 0.2) is 11.9 Å². The number of nitrogens with two attached hydrogens (primary N) is 1. The van der Waals surface area contributed by atoms with Crippen molar-refractivity contribution in [2.45, 2.75) is 19.9 Å². The van der Waals surface area contributed by atoms with E-state index in [1.165, 1.54) is 0 Å². The molecule has 1 rings (SSSR count). The average molecular weight is 215 g/mol. The van der Waals surface area contributed by atoms with Gasteiger partial charge in [-0.15, -0.1) is 5.26 Å². The molecule has 4 nitrogen and oxygen atoms in total. The van der Waals surface area contributed by atoms with E-state index in [1.807, 2.05) is 13.1 Å². The fourth-order valence-electron chi connectivity index (χ4n) is 1.07. The lowest BCUT2D eigenvalue weighted by molar-refractivity contribution is -0.983. The van der Waals surface area contributed by atoms with Crippen LogP contribution in [0.15, 0.2) is 23.0 Å². The molecule has 0 spiro atoms. The zero-order valence-corrected chi connectivity index (χ0v) is 8.95. The number of halogens is 1. The first-order valence-electron chi connectivity index (χ1n) is 4.28. The van der Waals surface area contributed by atoms with E-state index in [-0.39, 0.29) is 10.7 Å². The molecule has 0 fully saturated rings. The van der Waals surface area contributed by atoms with Crippen molar-refractivity contribution < 1.29 is 9.48 Å². The molecule has 0 aromatic carbocycles. The van der Waals surface area contributed by atoms with E-state index in [1.54, 1.807) is 19.2 Å². The maximum atomic E-state index is 9.03. The number of hydrogen-bond acceptors (Lipinski definition) is 3. The van der Waals surface area contributed by atoms with Crippen molar-refractivity contribution in [3.8, 4) is 6.19 Å². The Labute approximate surface area is 88.3 Å². The Kier molecular flexibility index (Phi) is 3.29. The van der Waals surface area contributed by atoms with Crippen LogP contribution in [0.1, 0.15) is 13.8 Å². The van der Waals surface area contributed by atoms with Gasteiger partial charge in [0.1, 0.15) is 11.6 Å². The van der Waals surface area contributed by atoms with Gasteiger partial charge in [0.05, 0.1) is 0 Å². The van der Waals surface area contributed by atoms with Gasteiger partial charge in [-0.2, -0.15) is 4.84 Å². The van der Waals surface area contributed by atoms with Crippen LogP contribution < -0.4 is 5.73 Å². The number of nitriles is 1. The number of allylic oxidation sites excluding steroid dienone is 3. The first-order chi connectivity index (χ1) is 6.52.